The van der Waals surface area contributed by atoms with Crippen LogP contribution in [-0.4, -0.2) is 5.52 Å². The van der Waals surface area contributed by atoms with Crippen LogP contribution in [0.4, 0.5) is 0 Å². The fraction of sp³-hybridized carbons (Fsp3) is 0.143. The molecule has 0 bridgehead atoms. The van der Waals surface area contributed by atoms with Crippen LogP contribution in [0.15, 0.2) is 24.3 Å². The summed E-state index contributed by atoms with van der Waals surface area (Å²) in [7, 11) is 0. The summed E-state index contributed by atoms with van der Waals surface area (Å²) in [5.74, 6) is 0.773. The molecule has 0 aromatic heterocycles. The molecule has 0 atom stereocenters. The highest BCUT2D eigenvalue weighted by atomic mass is 79.9. The molecule has 0 aliphatic rings. The quantitative estimate of drug-likeness (QED) is 0.643. The van der Waals surface area contributed by atoms with Crippen molar-refractivity contribution >= 4 is 15.9 Å². The van der Waals surface area contributed by atoms with E-state index in [-0.39, 0.29) is 0 Å². The fourth-order valence-electron chi connectivity index (χ4n) is 0.525. The van der Waals surface area contributed by atoms with Gasteiger partial charge in [0.2, 0.25) is 0 Å². The van der Waals surface area contributed by atoms with Gasteiger partial charge in [0, 0.05) is 6.07 Å². The smallest absolute Gasteiger partial charge is 0.143 e. The van der Waals surface area contributed by atoms with E-state index in [9.17, 15) is 0 Å². The summed E-state index contributed by atoms with van der Waals surface area (Å²) in [6.45, 7) is 0. The highest BCUT2D eigenvalue weighted by Crippen LogP contribution is 2.07. The lowest BCUT2D eigenvalue weighted by molar-refractivity contribution is 0.397. The number of benzene rings is 1. The van der Waals surface area contributed by atoms with Gasteiger partial charge in [0.25, 0.3) is 0 Å². The summed E-state index contributed by atoms with van der Waals surface area (Å²) in [5, 5.41) is 0. The molecule has 0 fully saturated rings. The lowest BCUT2D eigenvalue weighted by atomic mass is 10.3. The van der Waals surface area contributed by atoms with Crippen LogP contribution in [0.5, 0.6) is 5.75 Å². The molecule has 0 saturated carbocycles. The topological polar surface area (TPSA) is 9.23 Å². The Morgan fingerprint density at radius 2 is 2.44 bits per heavy atom. The second-order valence-corrected chi connectivity index (χ2v) is 1.94. The monoisotopic (exact) mass is 185 g/mol. The van der Waals surface area contributed by atoms with E-state index in [0.717, 1.165) is 5.75 Å². The minimum Gasteiger partial charge on any atom is -0.482 e. The van der Waals surface area contributed by atoms with Crippen LogP contribution in [-0.2, 0) is 0 Å². The third kappa shape index (κ3) is 2.06. The molecule has 0 spiro atoms. The molecule has 2 heteroatoms. The second-order valence-electron chi connectivity index (χ2n) is 1.48. The Hall–Kier alpha value is -0.500. The van der Waals surface area contributed by atoms with Crippen molar-refractivity contribution in [3.05, 3.63) is 30.3 Å². The molecule has 1 nitrogen and oxygen atoms in total. The highest BCUT2D eigenvalue weighted by Gasteiger charge is 1.85. The first-order valence-electron chi connectivity index (χ1n) is 2.59. The van der Waals surface area contributed by atoms with Gasteiger partial charge in [-0.05, 0) is 22.0 Å². The molecule has 0 amide bonds. The average molecular weight is 186 g/mol. The number of rotatable bonds is 2. The number of ether oxygens (including phenoxy) is 1. The molecule has 0 unspecified atom stereocenters. The van der Waals surface area contributed by atoms with Gasteiger partial charge in [-0.2, -0.15) is 0 Å². The molecule has 1 aromatic carbocycles. The molecule has 47 valence electrons. The van der Waals surface area contributed by atoms with E-state index in [1.165, 1.54) is 0 Å². The molecule has 0 saturated heterocycles. The number of hydrogen-bond donors (Lipinski definition) is 0. The summed E-state index contributed by atoms with van der Waals surface area (Å²) in [6, 6.07) is 10.4. The van der Waals surface area contributed by atoms with Crippen LogP contribution in [0, 0.1) is 6.07 Å². The van der Waals surface area contributed by atoms with Crippen LogP contribution < -0.4 is 4.74 Å². The maximum absolute atomic E-state index is 5.07. The van der Waals surface area contributed by atoms with Gasteiger partial charge in [-0.25, -0.2) is 0 Å². The molecule has 0 N–H and O–H groups in total. The zero-order valence-corrected chi connectivity index (χ0v) is 6.39. The van der Waals surface area contributed by atoms with E-state index in [0.29, 0.717) is 5.52 Å². The van der Waals surface area contributed by atoms with Crippen molar-refractivity contribution in [3.63, 3.8) is 0 Å². The van der Waals surface area contributed by atoms with Gasteiger partial charge in [0.1, 0.15) is 11.3 Å². The standard InChI is InChI=1S/C7H6BrO/c8-6-9-7-4-2-1-3-5-7/h1-4H,6H2. The third-order valence-electron chi connectivity index (χ3n) is 0.891. The van der Waals surface area contributed by atoms with Crippen LogP contribution in [0.2, 0.25) is 0 Å². The summed E-state index contributed by atoms with van der Waals surface area (Å²) in [4.78, 5) is 0. The van der Waals surface area contributed by atoms with Gasteiger partial charge < -0.3 is 4.74 Å². The molecule has 0 heterocycles. The van der Waals surface area contributed by atoms with E-state index in [1.54, 1.807) is 0 Å². The summed E-state index contributed by atoms with van der Waals surface area (Å²) >= 11 is 3.14. The number of alkyl halides is 1. The molecule has 9 heavy (non-hydrogen) atoms. The molecule has 1 radical (unpaired) electrons. The van der Waals surface area contributed by atoms with Crippen LogP contribution >= 0.6 is 15.9 Å². The zero-order chi connectivity index (χ0) is 6.53. The third-order valence-corrected chi connectivity index (χ3v) is 1.12. The van der Waals surface area contributed by atoms with Crippen LogP contribution in [0.25, 0.3) is 0 Å². The highest BCUT2D eigenvalue weighted by molar-refractivity contribution is 9.09. The van der Waals surface area contributed by atoms with Crippen molar-refractivity contribution in [1.82, 2.24) is 0 Å². The van der Waals surface area contributed by atoms with E-state index in [1.807, 2.05) is 24.3 Å². The van der Waals surface area contributed by atoms with E-state index in [2.05, 4.69) is 22.0 Å². The average Bonchev–Trinajstić information content (AvgIpc) is 1.91. The molecule has 1 rings (SSSR count). The van der Waals surface area contributed by atoms with Gasteiger partial charge >= 0.3 is 0 Å². The molecular weight excluding hydrogens is 180 g/mol. The predicted octanol–water partition coefficient (Wildman–Crippen LogP) is 2.22. The Balaban J connectivity index is 2.61. The summed E-state index contributed by atoms with van der Waals surface area (Å²) in [6.07, 6.45) is 0. The maximum Gasteiger partial charge on any atom is 0.143 e. The number of para-hydroxylation sites is 1. The van der Waals surface area contributed by atoms with Crippen LogP contribution in [0.3, 0.4) is 0 Å². The molecule has 0 aliphatic heterocycles. The summed E-state index contributed by atoms with van der Waals surface area (Å²) < 4.78 is 5.07. The normalized spacial score (nSPS) is 9.00. The minimum atomic E-state index is 0.521. The van der Waals surface area contributed by atoms with Crippen molar-refractivity contribution in [2.75, 3.05) is 5.52 Å². The largest absolute Gasteiger partial charge is 0.482 e. The molecular formula is C7H6BrO. The zero-order valence-electron chi connectivity index (χ0n) is 4.80. The molecule has 0 aliphatic carbocycles. The van der Waals surface area contributed by atoms with Gasteiger partial charge in [-0.1, -0.05) is 18.2 Å². The Morgan fingerprint density at radius 1 is 1.56 bits per heavy atom. The Labute approximate surface area is 62.8 Å². The van der Waals surface area contributed by atoms with Crippen molar-refractivity contribution in [3.8, 4) is 5.75 Å². The van der Waals surface area contributed by atoms with Crippen LogP contribution in [0.1, 0.15) is 0 Å². The van der Waals surface area contributed by atoms with E-state index < -0.39 is 0 Å². The fourth-order valence-corrected chi connectivity index (χ4v) is 0.772. The van der Waals surface area contributed by atoms with E-state index in [4.69, 9.17) is 4.74 Å². The van der Waals surface area contributed by atoms with Crippen molar-refractivity contribution < 1.29 is 4.74 Å². The molecule has 1 aromatic rings. The van der Waals surface area contributed by atoms with Gasteiger partial charge in [0.15, 0.2) is 0 Å². The number of hydrogen-bond acceptors (Lipinski definition) is 1. The van der Waals surface area contributed by atoms with Crippen molar-refractivity contribution in [1.29, 1.82) is 0 Å². The lowest BCUT2D eigenvalue weighted by Gasteiger charge is -1.97. The maximum atomic E-state index is 5.07. The van der Waals surface area contributed by atoms with Gasteiger partial charge in [-0.3, -0.25) is 0 Å². The van der Waals surface area contributed by atoms with Gasteiger partial charge in [0.05, 0.1) is 0 Å². The minimum absolute atomic E-state index is 0.521. The number of halogens is 1. The van der Waals surface area contributed by atoms with Crippen molar-refractivity contribution in [2.45, 2.75) is 0 Å². The predicted molar refractivity (Wildman–Crippen MR) is 39.7 cm³/mol. The Kier molecular flexibility index (Phi) is 2.58. The van der Waals surface area contributed by atoms with Crippen molar-refractivity contribution in [2.24, 2.45) is 0 Å². The Morgan fingerprint density at radius 3 is 3.00 bits per heavy atom. The first-order valence-corrected chi connectivity index (χ1v) is 3.71. The van der Waals surface area contributed by atoms with Gasteiger partial charge in [-0.15, -0.1) is 0 Å². The van der Waals surface area contributed by atoms with E-state index >= 15 is 0 Å². The summed E-state index contributed by atoms with van der Waals surface area (Å²) in [5.41, 5.74) is 0.521. The first kappa shape index (κ1) is 6.62. The first-order chi connectivity index (χ1) is 4.43. The Bertz CT molecular complexity index is 162. The lowest BCUT2D eigenvalue weighted by Crippen LogP contribution is -1.86. The second kappa shape index (κ2) is 3.51. The SMILES string of the molecule is BrCOc1[c]cccc1.